The Balaban J connectivity index is 2.03. The van der Waals surface area contributed by atoms with Crippen LogP contribution in [0.5, 0.6) is 0 Å². The van der Waals surface area contributed by atoms with Crippen molar-refractivity contribution in [2.45, 2.75) is 19.9 Å². The Kier molecular flexibility index (Phi) is 5.05. The molecule has 0 spiro atoms. The van der Waals surface area contributed by atoms with Gasteiger partial charge in [0.05, 0.1) is 10.9 Å². The van der Waals surface area contributed by atoms with Crippen molar-refractivity contribution >= 4 is 34.4 Å². The molecule has 2 aromatic rings. The number of anilines is 2. The lowest BCUT2D eigenvalue weighted by molar-refractivity contribution is 0.933. The number of nitrogens with zero attached hydrogens (tertiary/aromatic N) is 2. The number of hydrogen-bond donors (Lipinski definition) is 1. The zero-order valence-electron chi connectivity index (χ0n) is 11.2. The Hall–Kier alpha value is -1.26. The van der Waals surface area contributed by atoms with Crippen LogP contribution in [-0.2, 0) is 6.54 Å². The Bertz CT molecular complexity index is 527. The van der Waals surface area contributed by atoms with E-state index in [2.05, 4.69) is 41.3 Å². The second kappa shape index (κ2) is 6.78. The van der Waals surface area contributed by atoms with Gasteiger partial charge in [-0.1, -0.05) is 18.5 Å². The number of aromatic nitrogens is 1. The van der Waals surface area contributed by atoms with E-state index in [1.165, 1.54) is 4.88 Å². The Morgan fingerprint density at radius 3 is 2.89 bits per heavy atom. The van der Waals surface area contributed by atoms with Crippen LogP contribution < -0.4 is 10.2 Å². The van der Waals surface area contributed by atoms with Crippen LogP contribution in [-0.4, -0.2) is 18.6 Å². The van der Waals surface area contributed by atoms with E-state index in [1.54, 1.807) is 11.3 Å². The van der Waals surface area contributed by atoms with E-state index in [1.807, 2.05) is 18.3 Å². The van der Waals surface area contributed by atoms with Gasteiger partial charge in [0.25, 0.3) is 0 Å². The zero-order chi connectivity index (χ0) is 13.7. The molecule has 5 heteroatoms. The highest BCUT2D eigenvalue weighted by atomic mass is 35.5. The molecule has 102 valence electrons. The highest BCUT2D eigenvalue weighted by Gasteiger charge is 2.05. The fraction of sp³-hybridized carbons (Fsp3) is 0.357. The van der Waals surface area contributed by atoms with Gasteiger partial charge in [-0.25, -0.2) is 4.98 Å². The molecule has 2 aromatic heterocycles. The predicted molar refractivity (Wildman–Crippen MR) is 84.5 cm³/mol. The lowest BCUT2D eigenvalue weighted by Gasteiger charge is -2.19. The maximum atomic E-state index is 5.95. The fourth-order valence-corrected chi connectivity index (χ4v) is 2.91. The predicted octanol–water partition coefficient (Wildman–Crippen LogP) is 4.25. The van der Waals surface area contributed by atoms with Crippen LogP contribution in [0.4, 0.5) is 11.5 Å². The Morgan fingerprint density at radius 1 is 1.37 bits per heavy atom. The molecule has 0 saturated carbocycles. The highest BCUT2D eigenvalue weighted by Crippen LogP contribution is 2.24. The van der Waals surface area contributed by atoms with Gasteiger partial charge in [-0.3, -0.25) is 0 Å². The molecule has 0 saturated heterocycles. The molecule has 0 aliphatic carbocycles. The molecule has 0 aliphatic heterocycles. The summed E-state index contributed by atoms with van der Waals surface area (Å²) in [7, 11) is 2.08. The Morgan fingerprint density at radius 2 is 2.21 bits per heavy atom. The lowest BCUT2D eigenvalue weighted by atomic mass is 10.3. The quantitative estimate of drug-likeness (QED) is 0.863. The molecule has 0 bridgehead atoms. The van der Waals surface area contributed by atoms with Crippen LogP contribution in [0.1, 0.15) is 18.2 Å². The number of nitrogens with one attached hydrogen (secondary N) is 1. The van der Waals surface area contributed by atoms with Crippen molar-refractivity contribution in [3.05, 3.63) is 39.7 Å². The minimum absolute atomic E-state index is 0.837. The second-order valence-electron chi connectivity index (χ2n) is 4.39. The summed E-state index contributed by atoms with van der Waals surface area (Å²) < 4.78 is 0.837. The van der Waals surface area contributed by atoms with Crippen molar-refractivity contribution in [3.8, 4) is 0 Å². The first-order valence-corrected chi connectivity index (χ1v) is 7.53. The SMILES string of the molecule is CCCNc1cc(N(C)Cc2ccc(Cl)s2)ccn1. The first kappa shape index (κ1) is 14.2. The summed E-state index contributed by atoms with van der Waals surface area (Å²) in [5.74, 6) is 0.926. The van der Waals surface area contributed by atoms with Gasteiger partial charge in [-0.2, -0.15) is 0 Å². The summed E-state index contributed by atoms with van der Waals surface area (Å²) in [6.45, 7) is 3.94. The maximum Gasteiger partial charge on any atom is 0.127 e. The van der Waals surface area contributed by atoms with Gasteiger partial charge < -0.3 is 10.2 Å². The number of thiophene rings is 1. The molecule has 2 rings (SSSR count). The highest BCUT2D eigenvalue weighted by molar-refractivity contribution is 7.16. The molecule has 19 heavy (non-hydrogen) atoms. The van der Waals surface area contributed by atoms with E-state index in [0.717, 1.165) is 35.4 Å². The molecule has 0 aliphatic rings. The third kappa shape index (κ3) is 4.11. The smallest absolute Gasteiger partial charge is 0.127 e. The summed E-state index contributed by atoms with van der Waals surface area (Å²) in [6.07, 6.45) is 2.93. The summed E-state index contributed by atoms with van der Waals surface area (Å²) in [5.41, 5.74) is 1.15. The van der Waals surface area contributed by atoms with Crippen LogP contribution >= 0.6 is 22.9 Å². The van der Waals surface area contributed by atoms with Gasteiger partial charge in [-0.05, 0) is 24.6 Å². The van der Waals surface area contributed by atoms with Crippen molar-refractivity contribution in [2.24, 2.45) is 0 Å². The molecular weight excluding hydrogens is 278 g/mol. The molecule has 3 nitrogen and oxygen atoms in total. The molecule has 0 aromatic carbocycles. The van der Waals surface area contributed by atoms with Crippen LogP contribution in [0, 0.1) is 0 Å². The van der Waals surface area contributed by atoms with Crippen LogP contribution in [0.25, 0.3) is 0 Å². The van der Waals surface area contributed by atoms with Gasteiger partial charge >= 0.3 is 0 Å². The van der Waals surface area contributed by atoms with E-state index in [0.29, 0.717) is 0 Å². The largest absolute Gasteiger partial charge is 0.370 e. The van der Waals surface area contributed by atoms with Crippen molar-refractivity contribution in [3.63, 3.8) is 0 Å². The standard InChI is InChI=1S/C14H18ClN3S/c1-3-7-16-14-9-11(6-8-17-14)18(2)10-12-4-5-13(15)19-12/h4-6,8-9H,3,7,10H2,1-2H3,(H,16,17). The number of rotatable bonds is 6. The van der Waals surface area contributed by atoms with Crippen molar-refractivity contribution in [1.82, 2.24) is 4.98 Å². The monoisotopic (exact) mass is 295 g/mol. The molecular formula is C14H18ClN3S. The number of pyridine rings is 1. The van der Waals surface area contributed by atoms with Crippen molar-refractivity contribution in [1.29, 1.82) is 0 Å². The maximum absolute atomic E-state index is 5.95. The first-order chi connectivity index (χ1) is 9.19. The van der Waals surface area contributed by atoms with Gasteiger partial charge in [0, 0.05) is 36.4 Å². The average Bonchev–Trinajstić information content (AvgIpc) is 2.82. The minimum Gasteiger partial charge on any atom is -0.370 e. The van der Waals surface area contributed by atoms with E-state index in [4.69, 9.17) is 11.6 Å². The molecule has 0 amide bonds. The zero-order valence-corrected chi connectivity index (χ0v) is 12.8. The van der Waals surface area contributed by atoms with E-state index >= 15 is 0 Å². The van der Waals surface area contributed by atoms with Crippen molar-refractivity contribution < 1.29 is 0 Å². The fourth-order valence-electron chi connectivity index (χ4n) is 1.77. The van der Waals surface area contributed by atoms with Gasteiger partial charge in [-0.15, -0.1) is 11.3 Å². The molecule has 1 N–H and O–H groups in total. The summed E-state index contributed by atoms with van der Waals surface area (Å²) >= 11 is 7.57. The average molecular weight is 296 g/mol. The van der Waals surface area contributed by atoms with Crippen LogP contribution in [0.3, 0.4) is 0 Å². The van der Waals surface area contributed by atoms with Gasteiger partial charge in [0.15, 0.2) is 0 Å². The lowest BCUT2D eigenvalue weighted by Crippen LogP contribution is -2.16. The number of hydrogen-bond acceptors (Lipinski definition) is 4. The third-order valence-corrected chi connectivity index (χ3v) is 3.98. The summed E-state index contributed by atoms with van der Waals surface area (Å²) in [4.78, 5) is 7.77. The summed E-state index contributed by atoms with van der Waals surface area (Å²) in [5, 5.41) is 3.30. The minimum atomic E-state index is 0.837. The molecule has 0 fully saturated rings. The number of halogens is 1. The van der Waals surface area contributed by atoms with E-state index < -0.39 is 0 Å². The van der Waals surface area contributed by atoms with E-state index in [9.17, 15) is 0 Å². The van der Waals surface area contributed by atoms with Gasteiger partial charge in [0.1, 0.15) is 5.82 Å². The molecule has 0 radical (unpaired) electrons. The van der Waals surface area contributed by atoms with Crippen LogP contribution in [0.15, 0.2) is 30.5 Å². The van der Waals surface area contributed by atoms with E-state index in [-0.39, 0.29) is 0 Å². The van der Waals surface area contributed by atoms with Crippen molar-refractivity contribution in [2.75, 3.05) is 23.8 Å². The summed E-state index contributed by atoms with van der Waals surface area (Å²) in [6, 6.07) is 8.11. The molecule has 0 atom stereocenters. The molecule has 2 heterocycles. The van der Waals surface area contributed by atoms with Crippen LogP contribution in [0.2, 0.25) is 4.34 Å². The molecule has 0 unspecified atom stereocenters. The first-order valence-electron chi connectivity index (χ1n) is 6.34. The second-order valence-corrected chi connectivity index (χ2v) is 6.19. The third-order valence-electron chi connectivity index (χ3n) is 2.76. The Labute approximate surface area is 123 Å². The topological polar surface area (TPSA) is 28.2 Å². The normalized spacial score (nSPS) is 10.5. The van der Waals surface area contributed by atoms with Gasteiger partial charge in [0.2, 0.25) is 0 Å².